The number of aromatic hydroxyl groups is 2. The topological polar surface area (TPSA) is 57.5 Å². The van der Waals surface area contributed by atoms with Crippen molar-refractivity contribution in [3.05, 3.63) is 34.0 Å². The van der Waals surface area contributed by atoms with Crippen LogP contribution in [0.4, 0.5) is 0 Å². The van der Waals surface area contributed by atoms with Gasteiger partial charge in [-0.15, -0.1) is 0 Å². The van der Waals surface area contributed by atoms with Crippen molar-refractivity contribution in [2.24, 2.45) is 0 Å². The fourth-order valence-electron chi connectivity index (χ4n) is 0.741. The first-order valence-electron chi connectivity index (χ1n) is 3.15. The Balaban J connectivity index is 3.62. The minimum absolute atomic E-state index is 0.347. The van der Waals surface area contributed by atoms with Crippen LogP contribution in [0.5, 0.6) is 11.5 Å². The molecule has 0 aliphatic rings. The van der Waals surface area contributed by atoms with Gasteiger partial charge in [-0.05, 0) is 18.6 Å². The molecule has 0 aromatic heterocycles. The second-order valence-electron chi connectivity index (χ2n) is 2.27. The third-order valence-electron chi connectivity index (χ3n) is 1.43. The standard InChI is InChI=1S/C8H8O3/c1-5-3-2-4-6(9)8(11)7(5)10/h2-4H,1H3,(H2,9,10,11). The summed E-state index contributed by atoms with van der Waals surface area (Å²) >= 11 is 0. The van der Waals surface area contributed by atoms with Crippen molar-refractivity contribution in [2.75, 3.05) is 0 Å². The lowest BCUT2D eigenvalue weighted by Gasteiger charge is -1.91. The highest BCUT2D eigenvalue weighted by molar-refractivity contribution is 5.41. The Bertz CT molecular complexity index is 331. The van der Waals surface area contributed by atoms with E-state index in [-0.39, 0.29) is 5.75 Å². The predicted octanol–water partition coefficient (Wildman–Crippen LogP) is 0.766. The Hall–Kier alpha value is -1.51. The van der Waals surface area contributed by atoms with Crippen molar-refractivity contribution in [2.45, 2.75) is 6.92 Å². The molecule has 0 aliphatic carbocycles. The van der Waals surface area contributed by atoms with E-state index in [1.807, 2.05) is 0 Å². The highest BCUT2D eigenvalue weighted by atomic mass is 16.3. The molecule has 0 saturated carbocycles. The van der Waals surface area contributed by atoms with Crippen LogP contribution in [0.15, 0.2) is 23.0 Å². The van der Waals surface area contributed by atoms with Gasteiger partial charge < -0.3 is 10.2 Å². The summed E-state index contributed by atoms with van der Waals surface area (Å²) in [7, 11) is 0. The van der Waals surface area contributed by atoms with Crippen LogP contribution < -0.4 is 5.43 Å². The zero-order valence-corrected chi connectivity index (χ0v) is 6.03. The molecule has 1 aromatic carbocycles. The normalized spacial score (nSPS) is 9.55. The lowest BCUT2D eigenvalue weighted by molar-refractivity contribution is 0.399. The van der Waals surface area contributed by atoms with Crippen molar-refractivity contribution in [3.63, 3.8) is 0 Å². The molecule has 2 N–H and O–H groups in total. The molecule has 1 rings (SSSR count). The van der Waals surface area contributed by atoms with Crippen LogP contribution in [0, 0.1) is 6.92 Å². The SMILES string of the molecule is Cc1cccc(=O)c(O)c1O. The third-order valence-corrected chi connectivity index (χ3v) is 1.43. The molecule has 0 heterocycles. The molecule has 0 saturated heterocycles. The van der Waals surface area contributed by atoms with Gasteiger partial charge in [0.1, 0.15) is 0 Å². The average Bonchev–Trinajstić information content (AvgIpc) is 2.07. The minimum Gasteiger partial charge on any atom is -0.504 e. The van der Waals surface area contributed by atoms with Gasteiger partial charge in [0.05, 0.1) is 0 Å². The van der Waals surface area contributed by atoms with E-state index in [4.69, 9.17) is 10.2 Å². The Kier molecular flexibility index (Phi) is 1.81. The summed E-state index contributed by atoms with van der Waals surface area (Å²) in [5.74, 6) is -0.937. The molecule has 1 aromatic rings. The first kappa shape index (κ1) is 7.60. The number of hydrogen-bond acceptors (Lipinski definition) is 3. The highest BCUT2D eigenvalue weighted by Crippen LogP contribution is 2.21. The second kappa shape index (κ2) is 2.62. The van der Waals surface area contributed by atoms with Crippen molar-refractivity contribution in [1.82, 2.24) is 0 Å². The molecule has 0 amide bonds. The second-order valence-corrected chi connectivity index (χ2v) is 2.27. The molecule has 11 heavy (non-hydrogen) atoms. The van der Waals surface area contributed by atoms with Crippen molar-refractivity contribution < 1.29 is 10.2 Å². The number of hydrogen-bond donors (Lipinski definition) is 2. The predicted molar refractivity (Wildman–Crippen MR) is 40.8 cm³/mol. The molecule has 0 bridgehead atoms. The highest BCUT2D eigenvalue weighted by Gasteiger charge is 2.02. The third kappa shape index (κ3) is 1.32. The Morgan fingerprint density at radius 2 is 1.82 bits per heavy atom. The Morgan fingerprint density at radius 1 is 1.18 bits per heavy atom. The molecule has 3 heteroatoms. The molecule has 3 nitrogen and oxygen atoms in total. The van der Waals surface area contributed by atoms with Gasteiger partial charge in [0.25, 0.3) is 0 Å². The molecule has 0 aliphatic heterocycles. The van der Waals surface area contributed by atoms with Gasteiger partial charge in [0.2, 0.25) is 11.2 Å². The van der Waals surface area contributed by atoms with E-state index in [0.717, 1.165) is 0 Å². The fourth-order valence-corrected chi connectivity index (χ4v) is 0.741. The van der Waals surface area contributed by atoms with Crippen LogP contribution in [0.1, 0.15) is 5.56 Å². The number of aryl methyl sites for hydroxylation is 1. The summed E-state index contributed by atoms with van der Waals surface area (Å²) in [4.78, 5) is 10.8. The largest absolute Gasteiger partial charge is 0.504 e. The maximum atomic E-state index is 10.8. The monoisotopic (exact) mass is 152 g/mol. The summed E-state index contributed by atoms with van der Waals surface area (Å²) in [5, 5.41) is 18.1. The van der Waals surface area contributed by atoms with Crippen LogP contribution in [-0.2, 0) is 0 Å². The molecular weight excluding hydrogens is 144 g/mol. The van der Waals surface area contributed by atoms with E-state index >= 15 is 0 Å². The maximum absolute atomic E-state index is 10.8. The zero-order chi connectivity index (χ0) is 8.43. The quantitative estimate of drug-likeness (QED) is 0.577. The van der Waals surface area contributed by atoms with Crippen molar-refractivity contribution in [1.29, 1.82) is 0 Å². The molecule has 0 atom stereocenters. The Labute approximate surface area is 63.6 Å². The summed E-state index contributed by atoms with van der Waals surface area (Å²) < 4.78 is 0. The fraction of sp³-hybridized carbons (Fsp3) is 0.125. The van der Waals surface area contributed by atoms with Crippen LogP contribution in [0.2, 0.25) is 0 Å². The van der Waals surface area contributed by atoms with Gasteiger partial charge >= 0.3 is 0 Å². The molecule has 0 fully saturated rings. The van der Waals surface area contributed by atoms with E-state index in [9.17, 15) is 4.79 Å². The average molecular weight is 152 g/mol. The van der Waals surface area contributed by atoms with Gasteiger partial charge in [-0.2, -0.15) is 0 Å². The van der Waals surface area contributed by atoms with E-state index < -0.39 is 11.2 Å². The summed E-state index contributed by atoms with van der Waals surface area (Å²) in [6, 6.07) is 4.23. The van der Waals surface area contributed by atoms with E-state index in [0.29, 0.717) is 5.56 Å². The molecule has 0 radical (unpaired) electrons. The molecule has 58 valence electrons. The summed E-state index contributed by atoms with van der Waals surface area (Å²) in [6.45, 7) is 1.61. The lowest BCUT2D eigenvalue weighted by atomic mass is 10.3. The van der Waals surface area contributed by atoms with E-state index in [2.05, 4.69) is 0 Å². The van der Waals surface area contributed by atoms with Crippen molar-refractivity contribution >= 4 is 0 Å². The zero-order valence-electron chi connectivity index (χ0n) is 6.03. The van der Waals surface area contributed by atoms with Gasteiger partial charge in [-0.3, -0.25) is 4.79 Å². The van der Waals surface area contributed by atoms with E-state index in [1.165, 1.54) is 12.1 Å². The van der Waals surface area contributed by atoms with Gasteiger partial charge in [0, 0.05) is 0 Å². The summed E-state index contributed by atoms with van der Waals surface area (Å²) in [6.07, 6.45) is 0. The molecular formula is C8H8O3. The van der Waals surface area contributed by atoms with Crippen molar-refractivity contribution in [3.8, 4) is 11.5 Å². The minimum atomic E-state index is -0.590. The maximum Gasteiger partial charge on any atom is 0.224 e. The van der Waals surface area contributed by atoms with Crippen LogP contribution >= 0.6 is 0 Å². The van der Waals surface area contributed by atoms with Crippen LogP contribution in [0.25, 0.3) is 0 Å². The van der Waals surface area contributed by atoms with E-state index in [1.54, 1.807) is 13.0 Å². The van der Waals surface area contributed by atoms with Crippen LogP contribution in [-0.4, -0.2) is 10.2 Å². The van der Waals surface area contributed by atoms with Gasteiger partial charge in [0.15, 0.2) is 5.75 Å². The first-order chi connectivity index (χ1) is 5.13. The smallest absolute Gasteiger partial charge is 0.224 e. The Morgan fingerprint density at radius 3 is 2.45 bits per heavy atom. The van der Waals surface area contributed by atoms with Crippen LogP contribution in [0.3, 0.4) is 0 Å². The van der Waals surface area contributed by atoms with Gasteiger partial charge in [-0.1, -0.05) is 12.1 Å². The number of rotatable bonds is 0. The lowest BCUT2D eigenvalue weighted by Crippen LogP contribution is -1.92. The first-order valence-corrected chi connectivity index (χ1v) is 3.15. The molecule has 0 spiro atoms. The van der Waals surface area contributed by atoms with Gasteiger partial charge in [-0.25, -0.2) is 0 Å². The summed E-state index contributed by atoms with van der Waals surface area (Å²) in [5.41, 5.74) is -0.0970. The molecule has 0 unspecified atom stereocenters.